The standard InChI is InChI=1S/C14H25F3N2/c15-14(16,17)9-5-6-12(18)13(7-1-2-8-13)19-10-3-4-11-19/h12H,1-11,18H2. The smallest absolute Gasteiger partial charge is 0.326 e. The molecule has 0 amide bonds. The van der Waals surface area contributed by atoms with Crippen LogP contribution in [0.2, 0.25) is 0 Å². The maximum atomic E-state index is 12.2. The van der Waals surface area contributed by atoms with Crippen molar-refractivity contribution < 1.29 is 13.2 Å². The van der Waals surface area contributed by atoms with Gasteiger partial charge in [0.1, 0.15) is 0 Å². The quantitative estimate of drug-likeness (QED) is 0.834. The predicted molar refractivity (Wildman–Crippen MR) is 69.9 cm³/mol. The first-order chi connectivity index (χ1) is 8.94. The second-order valence-corrected chi connectivity index (χ2v) is 6.12. The highest BCUT2D eigenvalue weighted by Gasteiger charge is 2.45. The molecule has 2 fully saturated rings. The van der Waals surface area contributed by atoms with Crippen molar-refractivity contribution in [3.05, 3.63) is 0 Å². The lowest BCUT2D eigenvalue weighted by molar-refractivity contribution is -0.136. The molecule has 0 radical (unpaired) electrons. The van der Waals surface area contributed by atoms with Gasteiger partial charge < -0.3 is 5.73 Å². The Labute approximate surface area is 113 Å². The first-order valence-electron chi connectivity index (χ1n) is 7.51. The van der Waals surface area contributed by atoms with Gasteiger partial charge in [0.25, 0.3) is 0 Å². The molecule has 1 heterocycles. The molecule has 2 rings (SSSR count). The topological polar surface area (TPSA) is 29.3 Å². The Morgan fingerprint density at radius 3 is 2.16 bits per heavy atom. The van der Waals surface area contributed by atoms with Crippen molar-refractivity contribution in [2.75, 3.05) is 13.1 Å². The zero-order valence-electron chi connectivity index (χ0n) is 11.5. The minimum atomic E-state index is -4.05. The molecule has 0 aromatic carbocycles. The van der Waals surface area contributed by atoms with Gasteiger partial charge in [-0.15, -0.1) is 0 Å². The Hall–Kier alpha value is -0.290. The van der Waals surface area contributed by atoms with Gasteiger partial charge in [-0.3, -0.25) is 4.90 Å². The number of hydrogen-bond acceptors (Lipinski definition) is 2. The molecule has 5 heteroatoms. The summed E-state index contributed by atoms with van der Waals surface area (Å²) in [7, 11) is 0. The third kappa shape index (κ3) is 3.63. The monoisotopic (exact) mass is 278 g/mol. The molecule has 112 valence electrons. The average Bonchev–Trinajstić information content (AvgIpc) is 2.99. The van der Waals surface area contributed by atoms with Crippen LogP contribution in [-0.2, 0) is 0 Å². The van der Waals surface area contributed by atoms with E-state index >= 15 is 0 Å². The second kappa shape index (κ2) is 6.00. The van der Waals surface area contributed by atoms with Crippen LogP contribution in [0.4, 0.5) is 13.2 Å². The van der Waals surface area contributed by atoms with E-state index in [1.54, 1.807) is 0 Å². The molecule has 2 N–H and O–H groups in total. The van der Waals surface area contributed by atoms with Crippen molar-refractivity contribution >= 4 is 0 Å². The summed E-state index contributed by atoms with van der Waals surface area (Å²) in [5.41, 5.74) is 6.32. The van der Waals surface area contributed by atoms with Crippen LogP contribution in [0, 0.1) is 0 Å². The Morgan fingerprint density at radius 1 is 1.05 bits per heavy atom. The molecular formula is C14H25F3N2. The number of nitrogens with zero attached hydrogens (tertiary/aromatic N) is 1. The van der Waals surface area contributed by atoms with Gasteiger partial charge in [0.15, 0.2) is 0 Å². The van der Waals surface area contributed by atoms with Crippen LogP contribution in [0.3, 0.4) is 0 Å². The van der Waals surface area contributed by atoms with Gasteiger partial charge in [0, 0.05) is 18.0 Å². The Bertz CT molecular complexity index is 279. The molecule has 1 unspecified atom stereocenters. The number of likely N-dealkylation sites (tertiary alicyclic amines) is 1. The maximum absolute atomic E-state index is 12.2. The third-order valence-corrected chi connectivity index (χ3v) is 4.87. The van der Waals surface area contributed by atoms with Crippen LogP contribution in [0.25, 0.3) is 0 Å². The van der Waals surface area contributed by atoms with Crippen LogP contribution in [0.5, 0.6) is 0 Å². The summed E-state index contributed by atoms with van der Waals surface area (Å²) in [6.45, 7) is 2.15. The minimum absolute atomic E-state index is 0.00208. The molecule has 1 saturated carbocycles. The summed E-state index contributed by atoms with van der Waals surface area (Å²) >= 11 is 0. The summed E-state index contributed by atoms with van der Waals surface area (Å²) in [4.78, 5) is 2.47. The molecule has 0 spiro atoms. The molecule has 19 heavy (non-hydrogen) atoms. The molecule has 0 aromatic rings. The fraction of sp³-hybridized carbons (Fsp3) is 1.00. The van der Waals surface area contributed by atoms with Gasteiger partial charge in [0.2, 0.25) is 0 Å². The van der Waals surface area contributed by atoms with Crippen molar-refractivity contribution in [2.45, 2.75) is 75.5 Å². The number of alkyl halides is 3. The van der Waals surface area contributed by atoms with Gasteiger partial charge in [-0.1, -0.05) is 12.8 Å². The van der Waals surface area contributed by atoms with Gasteiger partial charge in [-0.2, -0.15) is 13.2 Å². The van der Waals surface area contributed by atoms with E-state index < -0.39 is 12.6 Å². The number of nitrogens with two attached hydrogens (primary N) is 1. The third-order valence-electron chi connectivity index (χ3n) is 4.87. The number of rotatable bonds is 5. The fourth-order valence-electron chi connectivity index (χ4n) is 3.86. The highest BCUT2D eigenvalue weighted by Crippen LogP contribution is 2.41. The lowest BCUT2D eigenvalue weighted by atomic mass is 9.84. The van der Waals surface area contributed by atoms with Crippen LogP contribution in [0.15, 0.2) is 0 Å². The molecular weight excluding hydrogens is 253 g/mol. The van der Waals surface area contributed by atoms with Crippen molar-refractivity contribution in [1.29, 1.82) is 0 Å². The minimum Gasteiger partial charge on any atom is -0.326 e. The normalized spacial score (nSPS) is 25.9. The van der Waals surface area contributed by atoms with E-state index in [0.29, 0.717) is 6.42 Å². The molecule has 0 aromatic heterocycles. The summed E-state index contributed by atoms with van der Waals surface area (Å²) in [6, 6.07) is -0.101. The van der Waals surface area contributed by atoms with Crippen LogP contribution in [0.1, 0.15) is 57.8 Å². The van der Waals surface area contributed by atoms with E-state index in [1.165, 1.54) is 25.7 Å². The van der Waals surface area contributed by atoms with Crippen molar-refractivity contribution in [3.63, 3.8) is 0 Å². The van der Waals surface area contributed by atoms with Gasteiger partial charge in [0.05, 0.1) is 0 Å². The summed E-state index contributed by atoms with van der Waals surface area (Å²) < 4.78 is 36.7. The Morgan fingerprint density at radius 2 is 1.63 bits per heavy atom. The molecule has 1 aliphatic heterocycles. The van der Waals surface area contributed by atoms with Crippen LogP contribution < -0.4 is 5.73 Å². The second-order valence-electron chi connectivity index (χ2n) is 6.12. The van der Waals surface area contributed by atoms with E-state index in [4.69, 9.17) is 5.73 Å². The van der Waals surface area contributed by atoms with Gasteiger partial charge in [-0.25, -0.2) is 0 Å². The zero-order chi connectivity index (χ0) is 13.9. The van der Waals surface area contributed by atoms with Gasteiger partial charge >= 0.3 is 6.18 Å². The Balaban J connectivity index is 1.91. The highest BCUT2D eigenvalue weighted by molar-refractivity contribution is 5.03. The average molecular weight is 278 g/mol. The van der Waals surface area contributed by atoms with E-state index in [1.807, 2.05) is 0 Å². The van der Waals surface area contributed by atoms with E-state index in [0.717, 1.165) is 25.9 Å². The molecule has 0 bridgehead atoms. The first kappa shape index (κ1) is 15.1. The van der Waals surface area contributed by atoms with Crippen molar-refractivity contribution in [2.24, 2.45) is 5.73 Å². The highest BCUT2D eigenvalue weighted by atomic mass is 19.4. The lowest BCUT2D eigenvalue weighted by Gasteiger charge is -2.43. The lowest BCUT2D eigenvalue weighted by Crippen LogP contribution is -2.57. The van der Waals surface area contributed by atoms with E-state index in [2.05, 4.69) is 4.90 Å². The number of hydrogen-bond donors (Lipinski definition) is 1. The molecule has 1 atom stereocenters. The molecule has 2 aliphatic rings. The molecule has 1 aliphatic carbocycles. The summed E-state index contributed by atoms with van der Waals surface area (Å²) in [5, 5.41) is 0. The van der Waals surface area contributed by atoms with Crippen molar-refractivity contribution in [1.82, 2.24) is 4.90 Å². The van der Waals surface area contributed by atoms with Crippen LogP contribution >= 0.6 is 0 Å². The molecule has 2 nitrogen and oxygen atoms in total. The molecule has 1 saturated heterocycles. The zero-order valence-corrected chi connectivity index (χ0v) is 11.5. The summed E-state index contributed by atoms with van der Waals surface area (Å²) in [6.07, 6.45) is 2.81. The summed E-state index contributed by atoms with van der Waals surface area (Å²) in [5.74, 6) is 0. The predicted octanol–water partition coefficient (Wildman–Crippen LogP) is 3.45. The van der Waals surface area contributed by atoms with E-state index in [-0.39, 0.29) is 18.0 Å². The van der Waals surface area contributed by atoms with E-state index in [9.17, 15) is 13.2 Å². The first-order valence-corrected chi connectivity index (χ1v) is 7.51. The SMILES string of the molecule is NC(CCCC(F)(F)F)C1(N2CCCC2)CCCC1. The Kier molecular flexibility index (Phi) is 4.77. The number of halogens is 3. The largest absolute Gasteiger partial charge is 0.389 e. The maximum Gasteiger partial charge on any atom is 0.389 e. The van der Waals surface area contributed by atoms with Crippen molar-refractivity contribution in [3.8, 4) is 0 Å². The van der Waals surface area contributed by atoms with Gasteiger partial charge in [-0.05, 0) is 51.6 Å². The van der Waals surface area contributed by atoms with Crippen LogP contribution in [-0.4, -0.2) is 35.7 Å². The fourth-order valence-corrected chi connectivity index (χ4v) is 3.86.